The van der Waals surface area contributed by atoms with Crippen molar-refractivity contribution in [2.45, 2.75) is 49.7 Å². The molecule has 9 heterocycles. The van der Waals surface area contributed by atoms with E-state index >= 15 is 0 Å². The molecule has 5 saturated heterocycles. The monoisotopic (exact) mass is 1490 g/mol. The van der Waals surface area contributed by atoms with Crippen LogP contribution < -0.4 is 46.1 Å². The van der Waals surface area contributed by atoms with Gasteiger partial charge in [-0.25, -0.2) is 14.4 Å². The minimum absolute atomic E-state index is 0.0597. The van der Waals surface area contributed by atoms with Crippen LogP contribution in [0.5, 0.6) is 23.0 Å². The Morgan fingerprint density at radius 3 is 1.28 bits per heavy atom. The molecule has 0 radical (unpaired) electrons. The van der Waals surface area contributed by atoms with Gasteiger partial charge in [0.2, 0.25) is 16.6 Å². The number of likely N-dealkylation sites (N-methyl/N-ethyl adjacent to an activating group) is 1. The van der Waals surface area contributed by atoms with Crippen LogP contribution in [0.4, 0.5) is 14.4 Å². The molecule has 29 nitrogen and oxygen atoms in total. The van der Waals surface area contributed by atoms with Gasteiger partial charge in [-0.2, -0.15) is 0 Å². The number of hydrogen-bond donors (Lipinski definition) is 7. The van der Waals surface area contributed by atoms with Crippen molar-refractivity contribution >= 4 is 59.4 Å². The summed E-state index contributed by atoms with van der Waals surface area (Å²) in [6.07, 6.45) is 1.59. The van der Waals surface area contributed by atoms with Gasteiger partial charge < -0.3 is 69.3 Å². The maximum absolute atomic E-state index is 13.1. The smallest absolute Gasteiger partial charge is 0.323 e. The first-order chi connectivity index (χ1) is 53.2. The molecule has 0 saturated carbocycles. The Balaban J connectivity index is 0.000000145. The zero-order valence-corrected chi connectivity index (χ0v) is 60.9. The summed E-state index contributed by atoms with van der Waals surface area (Å²) in [5, 5.41) is 28.8. The highest BCUT2D eigenvalue weighted by molar-refractivity contribution is 6.12. The number of nitrogens with one attached hydrogen (secondary N) is 6. The first-order valence-corrected chi connectivity index (χ1v) is 35.4. The van der Waals surface area contributed by atoms with E-state index in [4.69, 9.17) is 23.8 Å². The number of nitrogens with zero attached hydrogens (tertiary/aromatic N) is 8. The predicted octanol–water partition coefficient (Wildman–Crippen LogP) is 4.39. The number of amidine groups is 1. The van der Waals surface area contributed by atoms with Crippen LogP contribution in [0.2, 0.25) is 0 Å². The number of ether oxygens (including phenoxy) is 4. The fourth-order valence-electron chi connectivity index (χ4n) is 13.8. The third kappa shape index (κ3) is 16.3. The van der Waals surface area contributed by atoms with Gasteiger partial charge in [0.1, 0.15) is 35.8 Å². The minimum Gasteiger partial charge on any atom is -0.506 e. The van der Waals surface area contributed by atoms with E-state index in [1.807, 2.05) is 48.5 Å². The number of pyridine rings is 1. The highest BCUT2D eigenvalue weighted by Gasteiger charge is 2.51. The van der Waals surface area contributed by atoms with Crippen molar-refractivity contribution < 1.29 is 72.0 Å². The molecule has 15 rings (SSSR count). The summed E-state index contributed by atoms with van der Waals surface area (Å²) in [7, 11) is 6.10. The summed E-state index contributed by atoms with van der Waals surface area (Å²) in [6, 6.07) is 39.3. The Labute approximate surface area is 633 Å². The number of oxime groups is 1. The summed E-state index contributed by atoms with van der Waals surface area (Å²) < 4.78 is 21.1. The molecule has 5 fully saturated rings. The molecule has 8 aliphatic rings. The number of carbonyl (C=O) groups is 9. The van der Waals surface area contributed by atoms with Crippen molar-refractivity contribution in [1.82, 2.24) is 66.3 Å². The van der Waals surface area contributed by atoms with Gasteiger partial charge in [0, 0.05) is 116 Å². The highest BCUT2D eigenvalue weighted by Crippen LogP contribution is 2.33. The van der Waals surface area contributed by atoms with Crippen LogP contribution in [-0.2, 0) is 50.1 Å². The molecule has 3 atom stereocenters. The fraction of sp³-hybridized carbons (Fsp3) is 0.296. The molecule has 1 aromatic heterocycles. The van der Waals surface area contributed by atoms with Crippen LogP contribution >= 0.6 is 0 Å². The fourth-order valence-corrected chi connectivity index (χ4v) is 13.8. The molecule has 6 aromatic carbocycles. The molecule has 0 aliphatic carbocycles. The zero-order valence-electron chi connectivity index (χ0n) is 60.9. The lowest BCUT2D eigenvalue weighted by atomic mass is 9.98. The molecule has 29 heteroatoms. The molecular formula is C81H78N14O15. The van der Waals surface area contributed by atoms with Crippen LogP contribution in [-0.4, -0.2) is 223 Å². The van der Waals surface area contributed by atoms with E-state index < -0.39 is 52.4 Å². The SMILES string of the molecule is CCN1CCN(Cc2ccc(C#C[C@]3(CN4Cc5ccc(OC)cc5C4=O)NC(=O)NC3=O)cc2)CC1.CON=C(c1ccc(C#C[C@]2(CN3Cc4ccc(OC)cc4C3=O)NC(=O)NC2=O)cc1)N1CCOCC1.COc1ccc2c(c1)C(=O)N(C[C@@]1(C#Cc3ccc(-c4ncccc4O)cc3)NC(=O)NC1=O)C2. The lowest BCUT2D eigenvalue weighted by Gasteiger charge is -2.34. The van der Waals surface area contributed by atoms with E-state index in [9.17, 15) is 48.3 Å². The number of morpholine rings is 1. The number of piperazine rings is 1. The molecule has 0 spiro atoms. The Kier molecular flexibility index (Phi) is 22.1. The number of imide groups is 3. The van der Waals surface area contributed by atoms with E-state index in [0.29, 0.717) is 102 Å². The largest absolute Gasteiger partial charge is 0.506 e. The number of amides is 12. The van der Waals surface area contributed by atoms with Gasteiger partial charge in [0.05, 0.1) is 54.2 Å². The van der Waals surface area contributed by atoms with Gasteiger partial charge in [0.15, 0.2) is 5.84 Å². The molecule has 0 unspecified atom stereocenters. The summed E-state index contributed by atoms with van der Waals surface area (Å²) in [6.45, 7) is 11.7. The number of carbonyl (C=O) groups excluding carboxylic acids is 9. The van der Waals surface area contributed by atoms with Gasteiger partial charge in [-0.1, -0.05) is 90.1 Å². The number of aromatic nitrogens is 1. The van der Waals surface area contributed by atoms with Crippen molar-refractivity contribution in [2.75, 3.05) is 107 Å². The van der Waals surface area contributed by atoms with Crippen molar-refractivity contribution in [3.63, 3.8) is 0 Å². The quantitative estimate of drug-likeness (QED) is 0.0246. The summed E-state index contributed by atoms with van der Waals surface area (Å²) in [5.41, 5.74) is 4.38. The normalized spacial score (nSPS) is 20.4. The maximum atomic E-state index is 13.1. The van der Waals surface area contributed by atoms with E-state index in [2.05, 4.69) is 99.2 Å². The first kappa shape index (κ1) is 75.0. The van der Waals surface area contributed by atoms with E-state index in [-0.39, 0.29) is 49.7 Å². The minimum atomic E-state index is -1.60. The summed E-state index contributed by atoms with van der Waals surface area (Å²) in [5.74, 6) is 17.7. The molecule has 7 N–H and O–H groups in total. The molecule has 562 valence electrons. The summed E-state index contributed by atoms with van der Waals surface area (Å²) in [4.78, 5) is 135. The van der Waals surface area contributed by atoms with Crippen LogP contribution in [0.1, 0.15) is 82.5 Å². The van der Waals surface area contributed by atoms with Crippen LogP contribution in [0.3, 0.4) is 0 Å². The van der Waals surface area contributed by atoms with Gasteiger partial charge in [-0.05, 0) is 126 Å². The van der Waals surface area contributed by atoms with Crippen molar-refractivity contribution in [3.8, 4) is 69.8 Å². The van der Waals surface area contributed by atoms with Gasteiger partial charge in [0.25, 0.3) is 35.4 Å². The molecule has 8 aliphatic heterocycles. The number of urea groups is 3. The Morgan fingerprint density at radius 2 is 0.909 bits per heavy atom. The van der Waals surface area contributed by atoms with Crippen molar-refractivity contribution in [2.24, 2.45) is 5.16 Å². The topological polar surface area (TPSA) is 337 Å². The van der Waals surface area contributed by atoms with E-state index in [0.717, 1.165) is 67.1 Å². The Hall–Kier alpha value is -13.3. The number of rotatable bonds is 15. The van der Waals surface area contributed by atoms with Crippen molar-refractivity contribution in [3.05, 3.63) is 207 Å². The molecule has 12 amide bonds. The second-order valence-electron chi connectivity index (χ2n) is 26.9. The average molecular weight is 1490 g/mol. The van der Waals surface area contributed by atoms with E-state index in [1.165, 1.54) is 41.6 Å². The number of hydrogen-bond acceptors (Lipinski definition) is 19. The van der Waals surface area contributed by atoms with Gasteiger partial charge in [-0.15, -0.1) is 0 Å². The van der Waals surface area contributed by atoms with E-state index in [1.54, 1.807) is 104 Å². The lowest BCUT2D eigenvalue weighted by Crippen LogP contribution is -2.54. The highest BCUT2D eigenvalue weighted by atomic mass is 16.6. The summed E-state index contributed by atoms with van der Waals surface area (Å²) >= 11 is 0. The van der Waals surface area contributed by atoms with Gasteiger partial charge >= 0.3 is 18.1 Å². The predicted molar refractivity (Wildman–Crippen MR) is 400 cm³/mol. The number of benzene rings is 6. The standard InChI is InChI=1S/C28H31N5O4.C27H27N5O6.C26H20N4O5/c1-3-31-12-14-32(15-13-31)17-21-6-4-20(5-7-21)10-11-28(26(35)29-27(36)30-28)19-33-18-22-8-9-23(37-2)16-24(22)25(33)34;1-36-21-8-7-20-16-32(24(33)22(20)15-21)17-27(25(34)28-26(35)29-27)10-9-18-3-5-19(6-4-18)23(30-37-2)31-11-13-38-14-12-31;1-35-19-9-8-18-14-30(23(32)20(18)13-19)15-26(24(33)28-25(34)29-26)11-10-16-4-6-17(7-5-16)22-21(31)3-2-12-27-22/h4-9,16H,3,12-15,17-19H2,1-2H3,(H2,29,30,35,36);3-8,15H,11-14,16-17H2,1-2H3,(H2,28,29,34,35);2-9,12-13,31H,14-15H2,1H3,(H2,28,29,33,34)/t28-;27-;26-/m111/s1. The van der Waals surface area contributed by atoms with Crippen LogP contribution in [0, 0.1) is 35.5 Å². The number of fused-ring (bicyclic) bond motifs is 3. The van der Waals surface area contributed by atoms with Crippen LogP contribution in [0.25, 0.3) is 11.3 Å². The molecular weight excluding hydrogens is 1410 g/mol. The first-order valence-electron chi connectivity index (χ1n) is 35.4. The molecule has 110 heavy (non-hydrogen) atoms. The Morgan fingerprint density at radius 1 is 0.509 bits per heavy atom. The Bertz CT molecular complexity index is 5050. The maximum Gasteiger partial charge on any atom is 0.323 e. The number of methoxy groups -OCH3 is 3. The third-order valence-corrected chi connectivity index (χ3v) is 19.8. The zero-order chi connectivity index (χ0) is 77.3. The van der Waals surface area contributed by atoms with Gasteiger partial charge in [-0.3, -0.25) is 54.6 Å². The second kappa shape index (κ2) is 32.4. The molecule has 0 bridgehead atoms. The third-order valence-electron chi connectivity index (χ3n) is 19.8. The number of aromatic hydroxyl groups is 1. The molecule has 7 aromatic rings. The second-order valence-corrected chi connectivity index (χ2v) is 26.9. The average Bonchev–Trinajstić information content (AvgIpc) is 1.64. The van der Waals surface area contributed by atoms with Crippen LogP contribution in [0.15, 0.2) is 151 Å². The lowest BCUT2D eigenvalue weighted by molar-refractivity contribution is -0.123. The van der Waals surface area contributed by atoms with Crippen molar-refractivity contribution in [1.29, 1.82) is 0 Å².